The van der Waals surface area contributed by atoms with Crippen molar-refractivity contribution in [2.24, 2.45) is 10.9 Å². The van der Waals surface area contributed by atoms with Crippen molar-refractivity contribution in [2.45, 2.75) is 39.2 Å². The van der Waals surface area contributed by atoms with E-state index in [1.54, 1.807) is 18.4 Å². The average molecular weight is 500 g/mol. The Morgan fingerprint density at radius 3 is 2.44 bits per heavy atom. The van der Waals surface area contributed by atoms with E-state index in [4.69, 9.17) is 4.74 Å². The number of amides is 1. The van der Waals surface area contributed by atoms with Gasteiger partial charge in [0.25, 0.3) is 5.91 Å². The van der Waals surface area contributed by atoms with Crippen molar-refractivity contribution in [3.8, 4) is 5.75 Å². The minimum atomic E-state index is -0.877. The Morgan fingerprint density at radius 1 is 1.08 bits per heavy atom. The molecule has 4 rings (SSSR count). The molecule has 2 aliphatic rings. The van der Waals surface area contributed by atoms with Gasteiger partial charge in [0.15, 0.2) is 11.0 Å². The van der Waals surface area contributed by atoms with Gasteiger partial charge in [0, 0.05) is 11.8 Å². The van der Waals surface area contributed by atoms with Gasteiger partial charge in [-0.05, 0) is 71.5 Å². The van der Waals surface area contributed by atoms with Crippen LogP contribution >= 0.6 is 11.8 Å². The number of aliphatic imine (C=N–C) groups is 1. The minimum absolute atomic E-state index is 0.356. The third-order valence-electron chi connectivity index (χ3n) is 6.09. The third-order valence-corrected chi connectivity index (χ3v) is 6.99. The van der Waals surface area contributed by atoms with E-state index in [0.29, 0.717) is 28.3 Å². The lowest BCUT2D eigenvalue weighted by atomic mass is 9.93. The second-order valence-corrected chi connectivity index (χ2v) is 9.56. The molecule has 1 unspecified atom stereocenters. The maximum absolute atomic E-state index is 12.3. The smallest absolute Gasteiger partial charge is 0.286 e. The Labute approximate surface area is 215 Å². The van der Waals surface area contributed by atoms with E-state index in [1.165, 1.54) is 29.5 Å². The Morgan fingerprint density at radius 2 is 1.81 bits per heavy atom. The quantitative estimate of drug-likeness (QED) is 0.363. The monoisotopic (exact) mass is 499 g/mol. The molecule has 7 heteroatoms. The predicted octanol–water partition coefficient (Wildman–Crippen LogP) is 5.48. The van der Waals surface area contributed by atoms with Gasteiger partial charge in [-0.15, -0.1) is 0 Å². The van der Waals surface area contributed by atoms with Gasteiger partial charge in [0.05, 0.1) is 4.91 Å². The molecule has 2 aromatic rings. The van der Waals surface area contributed by atoms with Gasteiger partial charge in [0.1, 0.15) is 18.3 Å². The standard InChI is InChI=1S/C29H27N2O4S/c1-3-21(4-2)22-9-5-20(6-10-22)18-35-25-13-7-19(8-14-25)15-27-28(34)31-29(36-27)30-24-12-11-23(17-32)26(33)16-24/h5-16,21,23H,3-4,18H2,1-2H3,(H,30,31,34). The summed E-state index contributed by atoms with van der Waals surface area (Å²) in [4.78, 5) is 39.3. The van der Waals surface area contributed by atoms with Crippen molar-refractivity contribution in [3.63, 3.8) is 0 Å². The van der Waals surface area contributed by atoms with Gasteiger partial charge in [-0.3, -0.25) is 14.4 Å². The molecule has 0 bridgehead atoms. The molecule has 6 nitrogen and oxygen atoms in total. The number of carbonyl (C=O) groups is 2. The number of ketones is 1. The number of amidine groups is 1. The number of carbonyl (C=O) groups excluding carboxylic acids is 3. The fourth-order valence-electron chi connectivity index (χ4n) is 3.97. The van der Waals surface area contributed by atoms with E-state index in [2.05, 4.69) is 48.4 Å². The first-order valence-electron chi connectivity index (χ1n) is 11.9. The molecule has 1 amide bonds. The second-order valence-electron chi connectivity index (χ2n) is 8.53. The molecule has 36 heavy (non-hydrogen) atoms. The first-order chi connectivity index (χ1) is 17.5. The second kappa shape index (κ2) is 11.8. The highest BCUT2D eigenvalue weighted by molar-refractivity contribution is 8.18. The number of allylic oxidation sites excluding steroid dienone is 3. The summed E-state index contributed by atoms with van der Waals surface area (Å²) in [5.74, 6) is -0.245. The zero-order valence-electron chi connectivity index (χ0n) is 20.2. The maximum atomic E-state index is 12.3. The van der Waals surface area contributed by atoms with Crippen LogP contribution in [-0.2, 0) is 21.0 Å². The average Bonchev–Trinajstić information content (AvgIpc) is 3.23. The molecule has 183 valence electrons. The van der Waals surface area contributed by atoms with Crippen LogP contribution in [0.5, 0.6) is 5.75 Å². The number of hydrogen-bond acceptors (Lipinski definition) is 6. The van der Waals surface area contributed by atoms with Crippen LogP contribution in [0.15, 0.2) is 82.4 Å². The highest BCUT2D eigenvalue weighted by Crippen LogP contribution is 2.29. The molecule has 1 radical (unpaired) electrons. The van der Waals surface area contributed by atoms with Crippen LogP contribution in [-0.4, -0.2) is 23.1 Å². The number of thioether (sulfide) groups is 1. The molecular weight excluding hydrogens is 472 g/mol. The van der Waals surface area contributed by atoms with Crippen LogP contribution in [0.1, 0.15) is 49.3 Å². The van der Waals surface area contributed by atoms with Crippen LogP contribution in [0, 0.1) is 5.92 Å². The topological polar surface area (TPSA) is 84.8 Å². The molecule has 0 saturated carbocycles. The largest absolute Gasteiger partial charge is 0.489 e. The maximum Gasteiger partial charge on any atom is 0.286 e. The molecular formula is C29H27N2O4S. The molecule has 1 atom stereocenters. The third kappa shape index (κ3) is 6.29. The Balaban J connectivity index is 1.31. The Hall–Kier alpha value is -3.71. The lowest BCUT2D eigenvalue weighted by molar-refractivity contribution is -0.115. The number of nitrogens with zero attached hydrogens (tertiary/aromatic N) is 1. The summed E-state index contributed by atoms with van der Waals surface area (Å²) in [7, 11) is 0. The SMILES string of the molecule is CCC(CC)c1ccc(COc2ccc(C=C3SC(NC4=CC(=O)C([C]=O)C=C4)=NC3=O)cc2)cc1. The normalized spacial score (nSPS) is 18.4. The lowest BCUT2D eigenvalue weighted by Crippen LogP contribution is -2.23. The van der Waals surface area contributed by atoms with E-state index < -0.39 is 5.92 Å². The van der Waals surface area contributed by atoms with Gasteiger partial charge >= 0.3 is 0 Å². The number of ether oxygens (including phenoxy) is 1. The first kappa shape index (κ1) is 25.4. The fourth-order valence-corrected chi connectivity index (χ4v) is 4.81. The van der Waals surface area contributed by atoms with Crippen LogP contribution in [0.3, 0.4) is 0 Å². The number of nitrogens with one attached hydrogen (secondary N) is 1. The van der Waals surface area contributed by atoms with E-state index in [9.17, 15) is 14.4 Å². The molecule has 0 spiro atoms. The van der Waals surface area contributed by atoms with Crippen molar-refractivity contribution in [1.29, 1.82) is 0 Å². The van der Waals surface area contributed by atoms with E-state index in [1.807, 2.05) is 24.3 Å². The van der Waals surface area contributed by atoms with Crippen molar-refractivity contribution in [2.75, 3.05) is 0 Å². The summed E-state index contributed by atoms with van der Waals surface area (Å²) in [6, 6.07) is 16.1. The van der Waals surface area contributed by atoms with Gasteiger partial charge in [0.2, 0.25) is 6.29 Å². The van der Waals surface area contributed by atoms with Gasteiger partial charge in [-0.1, -0.05) is 56.3 Å². The minimum Gasteiger partial charge on any atom is -0.489 e. The van der Waals surface area contributed by atoms with Crippen molar-refractivity contribution < 1.29 is 19.1 Å². The van der Waals surface area contributed by atoms with Gasteiger partial charge in [-0.25, -0.2) is 0 Å². The fraction of sp³-hybridized carbons (Fsp3) is 0.241. The molecule has 1 aliphatic carbocycles. The van der Waals surface area contributed by atoms with E-state index >= 15 is 0 Å². The lowest BCUT2D eigenvalue weighted by Gasteiger charge is -2.13. The summed E-state index contributed by atoms with van der Waals surface area (Å²) in [5, 5.41) is 3.33. The summed E-state index contributed by atoms with van der Waals surface area (Å²) < 4.78 is 5.93. The highest BCUT2D eigenvalue weighted by Gasteiger charge is 2.24. The Kier molecular flexibility index (Phi) is 8.33. The summed E-state index contributed by atoms with van der Waals surface area (Å²) in [6.07, 6.45) is 10.1. The zero-order valence-corrected chi connectivity index (χ0v) is 21.0. The molecule has 1 heterocycles. The molecule has 2 aromatic carbocycles. The van der Waals surface area contributed by atoms with Crippen molar-refractivity contribution in [1.82, 2.24) is 5.32 Å². The zero-order chi connectivity index (χ0) is 25.5. The van der Waals surface area contributed by atoms with Crippen LogP contribution in [0.2, 0.25) is 0 Å². The summed E-state index contributed by atoms with van der Waals surface area (Å²) >= 11 is 1.19. The summed E-state index contributed by atoms with van der Waals surface area (Å²) in [5.41, 5.74) is 3.80. The molecule has 1 N–H and O–H groups in total. The first-order valence-corrected chi connectivity index (χ1v) is 12.7. The van der Waals surface area contributed by atoms with E-state index in [-0.39, 0.29) is 11.7 Å². The van der Waals surface area contributed by atoms with Crippen LogP contribution in [0.4, 0.5) is 0 Å². The Bertz CT molecular complexity index is 1250. The number of hydrogen-bond donors (Lipinski definition) is 1. The van der Waals surface area contributed by atoms with Gasteiger partial charge < -0.3 is 10.1 Å². The summed E-state index contributed by atoms with van der Waals surface area (Å²) in [6.45, 7) is 4.92. The van der Waals surface area contributed by atoms with Crippen molar-refractivity contribution in [3.05, 3.63) is 94.1 Å². The molecule has 0 saturated heterocycles. The number of benzene rings is 2. The van der Waals surface area contributed by atoms with E-state index in [0.717, 1.165) is 29.7 Å². The molecule has 1 aliphatic heterocycles. The highest BCUT2D eigenvalue weighted by atomic mass is 32.2. The van der Waals surface area contributed by atoms with Crippen LogP contribution in [0.25, 0.3) is 6.08 Å². The molecule has 0 aromatic heterocycles. The predicted molar refractivity (Wildman–Crippen MR) is 143 cm³/mol. The van der Waals surface area contributed by atoms with Crippen LogP contribution < -0.4 is 10.1 Å². The van der Waals surface area contributed by atoms with Crippen molar-refractivity contribution >= 4 is 41.0 Å². The number of rotatable bonds is 9. The van der Waals surface area contributed by atoms with Gasteiger partial charge in [-0.2, -0.15) is 4.99 Å². The molecule has 0 fully saturated rings.